The first-order valence-electron chi connectivity index (χ1n) is 6.82. The molecule has 1 heterocycles. The van der Waals surface area contributed by atoms with Crippen molar-refractivity contribution >= 4 is 0 Å². The molecule has 0 atom stereocenters. The molecule has 2 rings (SSSR count). The van der Waals surface area contributed by atoms with E-state index in [1.54, 1.807) is 0 Å². The lowest BCUT2D eigenvalue weighted by Crippen LogP contribution is -2.52. The van der Waals surface area contributed by atoms with Crippen LogP contribution < -0.4 is 5.32 Å². The third kappa shape index (κ3) is 2.94. The van der Waals surface area contributed by atoms with Crippen LogP contribution in [0.25, 0.3) is 0 Å². The minimum absolute atomic E-state index is 0.490. The summed E-state index contributed by atoms with van der Waals surface area (Å²) in [6.45, 7) is 7.44. The Morgan fingerprint density at radius 1 is 1.13 bits per heavy atom. The molecule has 1 spiro atoms. The van der Waals surface area contributed by atoms with Crippen LogP contribution in [0.15, 0.2) is 0 Å². The third-order valence-electron chi connectivity index (χ3n) is 4.03. The number of hydrogen-bond acceptors (Lipinski definition) is 2. The molecular formula is C13H26N2. The van der Waals surface area contributed by atoms with Gasteiger partial charge in [0.25, 0.3) is 0 Å². The van der Waals surface area contributed by atoms with Gasteiger partial charge in [0, 0.05) is 12.1 Å². The van der Waals surface area contributed by atoms with Crippen LogP contribution in [0.4, 0.5) is 0 Å². The molecule has 0 unspecified atom stereocenters. The largest absolute Gasteiger partial charge is 0.310 e. The Morgan fingerprint density at radius 2 is 1.93 bits per heavy atom. The molecule has 0 aromatic heterocycles. The lowest BCUT2D eigenvalue weighted by atomic mass is 9.81. The van der Waals surface area contributed by atoms with Crippen molar-refractivity contribution in [1.29, 1.82) is 0 Å². The van der Waals surface area contributed by atoms with Crippen molar-refractivity contribution in [2.45, 2.75) is 57.4 Å². The Morgan fingerprint density at radius 3 is 2.67 bits per heavy atom. The van der Waals surface area contributed by atoms with E-state index in [9.17, 15) is 0 Å². The Balaban J connectivity index is 1.96. The molecule has 2 nitrogen and oxygen atoms in total. The normalized spacial score (nSPS) is 27.8. The summed E-state index contributed by atoms with van der Waals surface area (Å²) in [5.74, 6) is 0. The third-order valence-corrected chi connectivity index (χ3v) is 4.03. The molecule has 2 aliphatic rings. The molecule has 88 valence electrons. The molecule has 2 fully saturated rings. The highest BCUT2D eigenvalue weighted by atomic mass is 15.2. The predicted molar refractivity (Wildman–Crippen MR) is 65.2 cm³/mol. The molecule has 0 radical (unpaired) electrons. The summed E-state index contributed by atoms with van der Waals surface area (Å²) < 4.78 is 0. The topological polar surface area (TPSA) is 15.3 Å². The minimum atomic E-state index is 0.490. The molecule has 0 aromatic rings. The fraction of sp³-hybridized carbons (Fsp3) is 1.00. The van der Waals surface area contributed by atoms with Crippen LogP contribution in [0.2, 0.25) is 0 Å². The SMILES string of the molecule is CCCN1CCCNC2(CCCCC2)C1. The molecule has 1 saturated heterocycles. The maximum atomic E-state index is 3.84. The second-order valence-electron chi connectivity index (χ2n) is 5.40. The van der Waals surface area contributed by atoms with Gasteiger partial charge in [0.15, 0.2) is 0 Å². The molecule has 1 aliphatic heterocycles. The number of rotatable bonds is 2. The molecular weight excluding hydrogens is 184 g/mol. The summed E-state index contributed by atoms with van der Waals surface area (Å²) in [6, 6.07) is 0. The molecule has 0 aromatic carbocycles. The van der Waals surface area contributed by atoms with Crippen molar-refractivity contribution in [3.05, 3.63) is 0 Å². The van der Waals surface area contributed by atoms with Gasteiger partial charge in [0.2, 0.25) is 0 Å². The summed E-state index contributed by atoms with van der Waals surface area (Å²) >= 11 is 0. The van der Waals surface area contributed by atoms with E-state index in [1.807, 2.05) is 0 Å². The van der Waals surface area contributed by atoms with Crippen molar-refractivity contribution in [1.82, 2.24) is 10.2 Å². The molecule has 0 amide bonds. The van der Waals surface area contributed by atoms with Crippen molar-refractivity contribution in [3.63, 3.8) is 0 Å². The van der Waals surface area contributed by atoms with Crippen LogP contribution in [-0.2, 0) is 0 Å². The van der Waals surface area contributed by atoms with Gasteiger partial charge in [-0.05, 0) is 45.3 Å². The summed E-state index contributed by atoms with van der Waals surface area (Å²) in [5.41, 5.74) is 0.490. The van der Waals surface area contributed by atoms with E-state index in [2.05, 4.69) is 17.1 Å². The first-order valence-corrected chi connectivity index (χ1v) is 6.82. The van der Waals surface area contributed by atoms with E-state index < -0.39 is 0 Å². The van der Waals surface area contributed by atoms with Gasteiger partial charge in [-0.1, -0.05) is 26.2 Å². The van der Waals surface area contributed by atoms with Crippen molar-refractivity contribution in [3.8, 4) is 0 Å². The van der Waals surface area contributed by atoms with Crippen LogP contribution in [0.3, 0.4) is 0 Å². The molecule has 1 aliphatic carbocycles. The van der Waals surface area contributed by atoms with Crippen LogP contribution in [0.5, 0.6) is 0 Å². The summed E-state index contributed by atoms with van der Waals surface area (Å²) in [7, 11) is 0. The van der Waals surface area contributed by atoms with Gasteiger partial charge < -0.3 is 10.2 Å². The van der Waals surface area contributed by atoms with E-state index in [0.717, 1.165) is 0 Å². The second kappa shape index (κ2) is 5.31. The Labute approximate surface area is 94.4 Å². The highest BCUT2D eigenvalue weighted by Gasteiger charge is 2.34. The van der Waals surface area contributed by atoms with Gasteiger partial charge in [0.05, 0.1) is 0 Å². The van der Waals surface area contributed by atoms with E-state index >= 15 is 0 Å². The van der Waals surface area contributed by atoms with Gasteiger partial charge >= 0.3 is 0 Å². The average molecular weight is 210 g/mol. The Kier molecular flexibility index (Phi) is 4.04. The van der Waals surface area contributed by atoms with Crippen LogP contribution in [0.1, 0.15) is 51.9 Å². The predicted octanol–water partition coefficient (Wildman–Crippen LogP) is 2.39. The van der Waals surface area contributed by atoms with E-state index in [-0.39, 0.29) is 0 Å². The van der Waals surface area contributed by atoms with Gasteiger partial charge in [0.1, 0.15) is 0 Å². The number of nitrogens with zero attached hydrogens (tertiary/aromatic N) is 1. The summed E-state index contributed by atoms with van der Waals surface area (Å²) in [6.07, 6.45) is 9.79. The van der Waals surface area contributed by atoms with Crippen molar-refractivity contribution in [2.75, 3.05) is 26.2 Å². The summed E-state index contributed by atoms with van der Waals surface area (Å²) in [4.78, 5) is 2.69. The lowest BCUT2D eigenvalue weighted by molar-refractivity contribution is 0.164. The Bertz CT molecular complexity index is 185. The quantitative estimate of drug-likeness (QED) is 0.753. The first kappa shape index (κ1) is 11.4. The zero-order valence-electron chi connectivity index (χ0n) is 10.2. The van der Waals surface area contributed by atoms with Crippen LogP contribution in [0, 0.1) is 0 Å². The smallest absolute Gasteiger partial charge is 0.0308 e. The molecule has 1 N–H and O–H groups in total. The van der Waals surface area contributed by atoms with E-state index in [4.69, 9.17) is 0 Å². The minimum Gasteiger partial charge on any atom is -0.310 e. The van der Waals surface area contributed by atoms with Gasteiger partial charge in [-0.15, -0.1) is 0 Å². The van der Waals surface area contributed by atoms with E-state index in [1.165, 1.54) is 71.1 Å². The van der Waals surface area contributed by atoms with E-state index in [0.29, 0.717) is 5.54 Å². The average Bonchev–Trinajstić information content (AvgIpc) is 2.43. The van der Waals surface area contributed by atoms with Crippen LogP contribution in [-0.4, -0.2) is 36.6 Å². The van der Waals surface area contributed by atoms with Gasteiger partial charge in [-0.2, -0.15) is 0 Å². The maximum Gasteiger partial charge on any atom is 0.0308 e. The number of hydrogen-bond donors (Lipinski definition) is 1. The number of nitrogens with one attached hydrogen (secondary N) is 1. The highest BCUT2D eigenvalue weighted by molar-refractivity contribution is 4.95. The fourth-order valence-electron chi connectivity index (χ4n) is 3.29. The first-order chi connectivity index (χ1) is 7.35. The zero-order valence-corrected chi connectivity index (χ0v) is 10.2. The molecule has 2 heteroatoms. The molecule has 15 heavy (non-hydrogen) atoms. The maximum absolute atomic E-state index is 3.84. The van der Waals surface area contributed by atoms with Crippen molar-refractivity contribution in [2.24, 2.45) is 0 Å². The van der Waals surface area contributed by atoms with Gasteiger partial charge in [-0.25, -0.2) is 0 Å². The summed E-state index contributed by atoms with van der Waals surface area (Å²) in [5, 5.41) is 3.84. The fourth-order valence-corrected chi connectivity index (χ4v) is 3.29. The zero-order chi connectivity index (χ0) is 10.6. The highest BCUT2D eigenvalue weighted by Crippen LogP contribution is 2.30. The monoisotopic (exact) mass is 210 g/mol. The molecule has 0 bridgehead atoms. The standard InChI is InChI=1S/C13H26N2/c1-2-10-15-11-6-9-14-13(12-15)7-4-3-5-8-13/h14H,2-12H2,1H3. The Hall–Kier alpha value is -0.0800. The molecule has 1 saturated carbocycles. The van der Waals surface area contributed by atoms with Crippen molar-refractivity contribution < 1.29 is 0 Å². The second-order valence-corrected chi connectivity index (χ2v) is 5.40. The van der Waals surface area contributed by atoms with Crippen LogP contribution >= 0.6 is 0 Å². The van der Waals surface area contributed by atoms with Gasteiger partial charge in [-0.3, -0.25) is 0 Å². The lowest BCUT2D eigenvalue weighted by Gasteiger charge is -2.40.